The fourth-order valence-corrected chi connectivity index (χ4v) is 20.6. The molecule has 0 radical (unpaired) electrons. The highest BCUT2D eigenvalue weighted by Gasteiger charge is 2.37. The average Bonchev–Trinajstić information content (AvgIpc) is 1.43. The molecule has 131 heavy (non-hydrogen) atoms. The number of hydrogen-bond acceptors (Lipinski definition) is 10. The maximum Gasteiger partial charge on any atom is 0.410 e. The highest BCUT2D eigenvalue weighted by Crippen LogP contribution is 2.45. The molecule has 6 aliphatic rings. The summed E-state index contributed by atoms with van der Waals surface area (Å²) in [5.74, 6) is 4.09. The number of carbonyl (C=O) groups is 1. The summed E-state index contributed by atoms with van der Waals surface area (Å²) < 4.78 is 42.4. The Hall–Kier alpha value is -12.6. The molecule has 666 valence electrons. The fourth-order valence-electron chi connectivity index (χ4n) is 20.1. The minimum atomic E-state index is -0.368. The number of ether oxygens (including phenoxy) is 5. The number of nitrogens with one attached hydrogen (secondary N) is 9. The van der Waals surface area contributed by atoms with Crippen LogP contribution in [0, 0.1) is 18.7 Å². The van der Waals surface area contributed by atoms with Crippen molar-refractivity contribution in [1.82, 2.24) is 51.1 Å². The lowest BCUT2D eigenvalue weighted by atomic mass is 9.80. The summed E-state index contributed by atoms with van der Waals surface area (Å²) in [6.45, 7) is 10.4. The summed E-state index contributed by atoms with van der Waals surface area (Å²) in [5.41, 5.74) is 27.8. The molecule has 1 amide bonds. The number of aromatic nitrogens is 5. The number of nitrogens with zero attached hydrogens (tertiary/aromatic N) is 1. The van der Waals surface area contributed by atoms with Crippen LogP contribution in [0.25, 0.3) is 54.5 Å². The Morgan fingerprint density at radius 3 is 1.31 bits per heavy atom. The molecule has 0 spiro atoms. The van der Waals surface area contributed by atoms with Gasteiger partial charge in [0.1, 0.15) is 54.7 Å². The zero-order valence-corrected chi connectivity index (χ0v) is 76.1. The molecule has 1 saturated carbocycles. The number of amides is 1. The van der Waals surface area contributed by atoms with Gasteiger partial charge >= 0.3 is 6.09 Å². The van der Waals surface area contributed by atoms with Gasteiger partial charge in [-0.25, -0.2) is 9.18 Å². The van der Waals surface area contributed by atoms with Gasteiger partial charge < -0.3 is 69.9 Å². The largest absolute Gasteiger partial charge is 0.497 e. The van der Waals surface area contributed by atoms with Gasteiger partial charge in [0.2, 0.25) is 0 Å². The Morgan fingerprint density at radius 2 is 0.794 bits per heavy atom. The predicted octanol–water partition coefficient (Wildman–Crippen LogP) is 25.6. The van der Waals surface area contributed by atoms with Crippen LogP contribution in [0.5, 0.6) is 23.0 Å². The standard InChI is InChI=1S/C31H28N2O2.C25H24N2O2.C20H18ClFN2O2.C18H17ClN2.C17H21ClN2/c1-3-7-22(8-4-1)20-34-25-13-11-24(12-14-25)30-31-27(17-18-32-30)28-19-26(15-16-29(28)33-31)35-21-23-9-5-2-6-10-23;1-28-20-11-12-23-22(15-20)21-13-14-26-24(25(21)27-23)18-7-9-19(10-8-18)29-16-17-5-3-2-4-6-17;1-2-26-20(25)24-9-8-15-16-11-14(22)6-7-17(16)23-18(15)19(24)12-4-3-5-13(21)10-12;1-11-3-2-4-12(9-11)17-18-14(7-8-20-17)15-10-13(19)5-6-16(15)21-18;18-12-6-7-15-14(10-12)13-8-9-19-16(17(13)20-15)11-4-2-1-3-5-11/h1-16,19,30,32-33H,17-18,20-21H2;2-12,15,24,26-27H,13-14,16H2,1H3;3-7,10-11,19,23H,2,8-9H2,1H3;2-6,9-10,17,20-21H,7-8H2,1H3;6-7,10-11,16,19-20H,1-5,8-9H2. The number of methoxy groups -OCH3 is 1. The molecule has 10 heterocycles. The van der Waals surface area contributed by atoms with E-state index < -0.39 is 0 Å². The molecule has 0 bridgehead atoms. The highest BCUT2D eigenvalue weighted by molar-refractivity contribution is 6.32. The van der Waals surface area contributed by atoms with Crippen LogP contribution in [-0.4, -0.2) is 82.4 Å². The maximum absolute atomic E-state index is 13.7. The second kappa shape index (κ2) is 40.4. The zero-order valence-electron chi connectivity index (χ0n) is 73.9. The van der Waals surface area contributed by atoms with E-state index in [-0.39, 0.29) is 36.1 Å². The van der Waals surface area contributed by atoms with Crippen molar-refractivity contribution < 1.29 is 32.9 Å². The Bertz CT molecular complexity index is 6830. The Kier molecular flexibility index (Phi) is 27.1. The molecule has 1 fully saturated rings. The van der Waals surface area contributed by atoms with Gasteiger partial charge in [-0.2, -0.15) is 0 Å². The number of aryl methyl sites for hydroxylation is 1. The number of H-pyrrole nitrogens is 5. The van der Waals surface area contributed by atoms with Crippen LogP contribution in [0.4, 0.5) is 9.18 Å². The zero-order chi connectivity index (χ0) is 89.3. The summed E-state index contributed by atoms with van der Waals surface area (Å²) in [4.78, 5) is 32.2. The third kappa shape index (κ3) is 19.8. The third-order valence-electron chi connectivity index (χ3n) is 26.4. The Labute approximate surface area is 778 Å². The van der Waals surface area contributed by atoms with E-state index in [0.717, 1.165) is 130 Å². The molecular formula is C111H108Cl3FN10O6. The van der Waals surface area contributed by atoms with E-state index in [1.54, 1.807) is 37.1 Å². The van der Waals surface area contributed by atoms with E-state index in [1.807, 2.05) is 91.0 Å². The van der Waals surface area contributed by atoms with E-state index in [1.165, 1.54) is 155 Å². The normalized spacial score (nSPS) is 17.3. The Morgan fingerprint density at radius 1 is 0.382 bits per heavy atom. The smallest absolute Gasteiger partial charge is 0.410 e. The van der Waals surface area contributed by atoms with Crippen LogP contribution < -0.4 is 40.2 Å². The summed E-state index contributed by atoms with van der Waals surface area (Å²) in [6.07, 6.45) is 11.4. The summed E-state index contributed by atoms with van der Waals surface area (Å²) in [5, 5.41) is 22.9. The molecule has 5 atom stereocenters. The summed E-state index contributed by atoms with van der Waals surface area (Å²) in [7, 11) is 1.71. The topological polar surface area (TPSA) is 194 Å². The molecule has 5 aliphatic heterocycles. The fraction of sp³-hybridized carbons (Fsp3) is 0.252. The second-order valence-electron chi connectivity index (χ2n) is 34.7. The summed E-state index contributed by atoms with van der Waals surface area (Å²) in [6, 6.07) is 94.1. The third-order valence-corrected chi connectivity index (χ3v) is 27.1. The molecule has 17 aromatic rings. The van der Waals surface area contributed by atoms with E-state index in [2.05, 4.69) is 217 Å². The van der Waals surface area contributed by atoms with Crippen LogP contribution in [0.3, 0.4) is 0 Å². The van der Waals surface area contributed by atoms with Gasteiger partial charge in [0.15, 0.2) is 0 Å². The first-order valence-electron chi connectivity index (χ1n) is 45.9. The molecule has 1 aliphatic carbocycles. The van der Waals surface area contributed by atoms with Crippen molar-refractivity contribution in [3.63, 3.8) is 0 Å². The number of benzene rings is 12. The van der Waals surface area contributed by atoms with Crippen molar-refractivity contribution in [3.8, 4) is 23.0 Å². The van der Waals surface area contributed by atoms with Crippen LogP contribution in [0.2, 0.25) is 15.1 Å². The van der Waals surface area contributed by atoms with E-state index >= 15 is 0 Å². The van der Waals surface area contributed by atoms with Gasteiger partial charge in [0.05, 0.1) is 37.9 Å². The van der Waals surface area contributed by atoms with Crippen molar-refractivity contribution in [2.75, 3.05) is 46.4 Å². The molecule has 12 aromatic carbocycles. The summed E-state index contributed by atoms with van der Waals surface area (Å²) >= 11 is 18.5. The monoisotopic (exact) mass is 1800 g/mol. The van der Waals surface area contributed by atoms with Gasteiger partial charge in [-0.1, -0.05) is 211 Å². The van der Waals surface area contributed by atoms with Crippen molar-refractivity contribution >= 4 is 95.4 Å². The van der Waals surface area contributed by atoms with E-state index in [9.17, 15) is 9.18 Å². The van der Waals surface area contributed by atoms with Crippen molar-refractivity contribution in [2.24, 2.45) is 5.92 Å². The first-order valence-corrected chi connectivity index (χ1v) is 47.0. The molecule has 5 aromatic heterocycles. The SMILES string of the molecule is CCOC(=O)N1CCc2c([nH]c3ccc(F)cc23)C1c1cccc(Cl)c1.COc1ccc2[nH]c3c(c2c1)CCNC3c1ccc(OCc2ccccc2)cc1.Cc1cccc(C2NCCc3c2[nH]c2ccc(Cl)cc32)c1.Clc1ccc2[nH]c3c(c2c1)CCNC3C1CCCCC1.c1ccc(COc2ccc(C3NCCc4c3[nH]c3ccc(OCc5ccccc5)cc43)cc2)cc1. The van der Waals surface area contributed by atoms with Gasteiger partial charge in [-0.05, 0) is 265 Å². The minimum absolute atomic E-state index is 0.128. The first-order chi connectivity index (χ1) is 64.3. The number of fused-ring (bicyclic) bond motifs is 15. The number of aromatic amines is 5. The van der Waals surface area contributed by atoms with Crippen LogP contribution >= 0.6 is 34.8 Å². The Balaban J connectivity index is 0.000000107. The van der Waals surface area contributed by atoms with Crippen molar-refractivity contribution in [3.05, 3.63) is 401 Å². The first kappa shape index (κ1) is 87.8. The minimum Gasteiger partial charge on any atom is -0.497 e. The lowest BCUT2D eigenvalue weighted by molar-refractivity contribution is 0.0932. The molecule has 9 N–H and O–H groups in total. The molecule has 16 nitrogen and oxygen atoms in total. The number of hydrogen-bond donors (Lipinski definition) is 9. The van der Waals surface area contributed by atoms with E-state index in [0.29, 0.717) is 50.5 Å². The highest BCUT2D eigenvalue weighted by atomic mass is 35.5. The van der Waals surface area contributed by atoms with Gasteiger partial charge in [-0.15, -0.1) is 0 Å². The predicted molar refractivity (Wildman–Crippen MR) is 527 cm³/mol. The van der Waals surface area contributed by atoms with Gasteiger partial charge in [0.25, 0.3) is 0 Å². The van der Waals surface area contributed by atoms with Crippen LogP contribution in [0.1, 0.15) is 170 Å². The second-order valence-corrected chi connectivity index (χ2v) is 36.1. The average molecular weight is 1800 g/mol. The lowest BCUT2D eigenvalue weighted by Crippen LogP contribution is -2.41. The van der Waals surface area contributed by atoms with Crippen molar-refractivity contribution in [1.29, 1.82) is 0 Å². The number of halogens is 4. The molecule has 0 saturated heterocycles. The molecule has 5 unspecified atom stereocenters. The van der Waals surface area contributed by atoms with Crippen molar-refractivity contribution in [2.45, 2.75) is 128 Å². The maximum atomic E-state index is 13.7. The van der Waals surface area contributed by atoms with Crippen LogP contribution in [-0.2, 0) is 56.7 Å². The van der Waals surface area contributed by atoms with Gasteiger partial charge in [-0.3, -0.25) is 4.90 Å². The number of rotatable bonds is 16. The quantitative estimate of drug-likeness (QED) is 0.0450. The molecule has 20 heteroatoms. The van der Waals surface area contributed by atoms with Crippen LogP contribution in [0.15, 0.2) is 279 Å². The van der Waals surface area contributed by atoms with E-state index in [4.69, 9.17) is 58.5 Å². The lowest BCUT2D eigenvalue weighted by Gasteiger charge is -2.35. The molecule has 23 rings (SSSR count). The van der Waals surface area contributed by atoms with Gasteiger partial charge in [0, 0.05) is 124 Å². The molecular weight excluding hydrogens is 1690 g/mol. The number of carbonyl (C=O) groups excluding carboxylic acids is 1.